The van der Waals surface area contributed by atoms with Crippen LogP contribution >= 0.6 is 0 Å². The highest BCUT2D eigenvalue weighted by atomic mass is 16.5. The van der Waals surface area contributed by atoms with Crippen molar-refractivity contribution in [2.45, 2.75) is 61.8 Å². The molecule has 2 N–H and O–H groups in total. The predicted octanol–water partition coefficient (Wildman–Crippen LogP) is 6.15. The molecule has 0 saturated carbocycles. The summed E-state index contributed by atoms with van der Waals surface area (Å²) in [4.78, 5) is 8.63. The number of ether oxygens (including phenoxy) is 1. The Morgan fingerprint density at radius 2 is 1.77 bits per heavy atom. The molecule has 0 saturated heterocycles. The van der Waals surface area contributed by atoms with Gasteiger partial charge in [-0.3, -0.25) is 9.98 Å². The van der Waals surface area contributed by atoms with Crippen molar-refractivity contribution in [1.29, 1.82) is 0 Å². The number of rotatable bonds is 7. The molecule has 0 aromatic carbocycles. The summed E-state index contributed by atoms with van der Waals surface area (Å²) in [5, 5.41) is 6.35. The molecule has 0 radical (unpaired) electrons. The zero-order chi connectivity index (χ0) is 23.9. The molecule has 30 heavy (non-hydrogen) atoms. The summed E-state index contributed by atoms with van der Waals surface area (Å²) < 4.78 is 5.59. The van der Waals surface area contributed by atoms with E-state index >= 15 is 0 Å². The van der Waals surface area contributed by atoms with E-state index in [0.717, 1.165) is 46.4 Å². The van der Waals surface area contributed by atoms with E-state index < -0.39 is 0 Å². The molecular weight excluding hydrogens is 372 g/mol. The third kappa shape index (κ3) is 10.3. The van der Waals surface area contributed by atoms with Gasteiger partial charge in [0.25, 0.3) is 0 Å². The molecule has 1 aliphatic heterocycles. The van der Waals surface area contributed by atoms with Crippen LogP contribution in [-0.4, -0.2) is 32.6 Å². The molecule has 0 bridgehead atoms. The molecule has 0 unspecified atom stereocenters. The number of methoxy groups -OCH3 is 1. The van der Waals surface area contributed by atoms with Crippen molar-refractivity contribution < 1.29 is 4.74 Å². The van der Waals surface area contributed by atoms with Crippen LogP contribution in [0, 0.1) is 5.41 Å². The molecule has 0 aromatic rings. The summed E-state index contributed by atoms with van der Waals surface area (Å²) in [6.07, 6.45) is 6.60. The summed E-state index contributed by atoms with van der Waals surface area (Å²) in [6.45, 7) is 23.9. The molecule has 0 aliphatic carbocycles. The number of likely N-dealkylation sites (N-methyl/N-ethyl adjacent to an activating group) is 1. The Kier molecular flexibility index (Phi) is 15.1. The highest BCUT2D eigenvalue weighted by Gasteiger charge is 2.33. The van der Waals surface area contributed by atoms with Gasteiger partial charge in [-0.15, -0.1) is 0 Å². The van der Waals surface area contributed by atoms with E-state index in [1.165, 1.54) is 0 Å². The number of nitrogens with one attached hydrogen (secondary N) is 2. The van der Waals surface area contributed by atoms with Gasteiger partial charge in [-0.05, 0) is 39.8 Å². The second kappa shape index (κ2) is 15.3. The van der Waals surface area contributed by atoms with Crippen LogP contribution in [0.25, 0.3) is 0 Å². The minimum atomic E-state index is -0.0727. The van der Waals surface area contributed by atoms with E-state index in [1.807, 2.05) is 60.7 Å². The number of hydrogen-bond acceptors (Lipinski definition) is 5. The normalized spacial score (nSPS) is 16.6. The van der Waals surface area contributed by atoms with Crippen LogP contribution in [0.3, 0.4) is 0 Å². The summed E-state index contributed by atoms with van der Waals surface area (Å²) in [6, 6.07) is 0. The van der Waals surface area contributed by atoms with Gasteiger partial charge >= 0.3 is 0 Å². The number of aliphatic imine (C=N–C) groups is 2. The van der Waals surface area contributed by atoms with Crippen molar-refractivity contribution in [2.75, 3.05) is 21.2 Å². The lowest BCUT2D eigenvalue weighted by atomic mass is 9.85. The van der Waals surface area contributed by atoms with Crippen LogP contribution < -0.4 is 10.6 Å². The lowest BCUT2D eigenvalue weighted by Gasteiger charge is -2.19. The van der Waals surface area contributed by atoms with Gasteiger partial charge in [0.2, 0.25) is 0 Å². The first-order valence-electron chi connectivity index (χ1n) is 10.4. The van der Waals surface area contributed by atoms with Gasteiger partial charge in [0, 0.05) is 48.7 Å². The lowest BCUT2D eigenvalue weighted by Crippen LogP contribution is -2.20. The van der Waals surface area contributed by atoms with Crippen LogP contribution in [0.1, 0.15) is 61.8 Å². The Morgan fingerprint density at radius 3 is 2.10 bits per heavy atom. The van der Waals surface area contributed by atoms with Gasteiger partial charge in [-0.1, -0.05) is 46.9 Å². The Bertz CT molecular complexity index is 715. The summed E-state index contributed by atoms with van der Waals surface area (Å²) in [5.41, 5.74) is 5.71. The molecule has 0 aromatic heterocycles. The van der Waals surface area contributed by atoms with Crippen molar-refractivity contribution in [3.63, 3.8) is 0 Å². The fourth-order valence-electron chi connectivity index (χ4n) is 2.52. The highest BCUT2D eigenvalue weighted by Crippen LogP contribution is 2.38. The quantitative estimate of drug-likeness (QED) is 0.297. The third-order valence-electron chi connectivity index (χ3n) is 4.14. The lowest BCUT2D eigenvalue weighted by molar-refractivity contribution is 0.289. The molecule has 0 atom stereocenters. The fraction of sp³-hybridized carbons (Fsp3) is 0.520. The molecule has 5 nitrogen and oxygen atoms in total. The van der Waals surface area contributed by atoms with E-state index in [4.69, 9.17) is 9.73 Å². The molecule has 1 rings (SSSR count). The second-order valence-corrected chi connectivity index (χ2v) is 7.37. The smallest absolute Gasteiger partial charge is 0.163 e. The molecular formula is C25H44N4O. The van der Waals surface area contributed by atoms with Crippen LogP contribution in [0.15, 0.2) is 69.9 Å². The van der Waals surface area contributed by atoms with Gasteiger partial charge < -0.3 is 15.4 Å². The summed E-state index contributed by atoms with van der Waals surface area (Å²) in [7, 11) is 5.35. The Morgan fingerprint density at radius 1 is 1.23 bits per heavy atom. The largest absolute Gasteiger partial charge is 0.493 e. The van der Waals surface area contributed by atoms with E-state index in [0.29, 0.717) is 0 Å². The van der Waals surface area contributed by atoms with Gasteiger partial charge in [0.15, 0.2) is 5.76 Å². The maximum atomic E-state index is 5.59. The van der Waals surface area contributed by atoms with Crippen molar-refractivity contribution in [2.24, 2.45) is 15.4 Å². The molecule has 170 valence electrons. The first kappa shape index (κ1) is 29.6. The molecule has 0 fully saturated rings. The van der Waals surface area contributed by atoms with E-state index in [2.05, 4.69) is 42.6 Å². The van der Waals surface area contributed by atoms with Crippen molar-refractivity contribution in [1.82, 2.24) is 10.6 Å². The number of allylic oxidation sites excluding steroid dienone is 5. The summed E-state index contributed by atoms with van der Waals surface area (Å²) >= 11 is 0. The van der Waals surface area contributed by atoms with Gasteiger partial charge in [0.05, 0.1) is 18.5 Å². The van der Waals surface area contributed by atoms with Gasteiger partial charge in [0.1, 0.15) is 0 Å². The molecule has 5 heteroatoms. The van der Waals surface area contributed by atoms with Crippen molar-refractivity contribution in [3.05, 3.63) is 59.9 Å². The Balaban J connectivity index is 0. The fourth-order valence-corrected chi connectivity index (χ4v) is 2.52. The Labute approximate surface area is 185 Å². The molecule has 1 aliphatic rings. The second-order valence-electron chi connectivity index (χ2n) is 7.37. The van der Waals surface area contributed by atoms with Crippen LogP contribution in [0.2, 0.25) is 0 Å². The van der Waals surface area contributed by atoms with Crippen molar-refractivity contribution in [3.8, 4) is 0 Å². The summed E-state index contributed by atoms with van der Waals surface area (Å²) in [5.74, 6) is 0.791. The van der Waals surface area contributed by atoms with Crippen LogP contribution in [-0.2, 0) is 4.74 Å². The minimum absolute atomic E-state index is 0.0727. The average molecular weight is 417 g/mol. The first-order valence-corrected chi connectivity index (χ1v) is 10.4. The molecule has 1 heterocycles. The molecule has 0 amide bonds. The Hall–Kier alpha value is -2.56. The topological polar surface area (TPSA) is 58.0 Å². The average Bonchev–Trinajstić information content (AvgIpc) is 3.00. The number of nitrogens with zero attached hydrogens (tertiary/aromatic N) is 2. The van der Waals surface area contributed by atoms with Crippen molar-refractivity contribution >= 4 is 11.4 Å². The van der Waals surface area contributed by atoms with Crippen LogP contribution in [0.4, 0.5) is 0 Å². The van der Waals surface area contributed by atoms with E-state index in [9.17, 15) is 0 Å². The van der Waals surface area contributed by atoms with E-state index in [-0.39, 0.29) is 5.41 Å². The third-order valence-corrected chi connectivity index (χ3v) is 4.14. The standard InChI is InChI=1S/C19H29N3O.C4H9N.C2H6/c1-9-14(21-13(3)4)11-17-19(5,6)12-16(22-17)18(23-8)15(10-2)20-7;1-4(2)5-3;1-2/h9-11,20-21H,1,3,12H2,2,4-8H3;1-3H3;1-2H3/b14-11-,15-10+,18-16+;;. The number of hydrogen-bond donors (Lipinski definition) is 2. The molecule has 0 spiro atoms. The van der Waals surface area contributed by atoms with Gasteiger partial charge in [-0.2, -0.15) is 0 Å². The maximum Gasteiger partial charge on any atom is 0.163 e. The maximum absolute atomic E-state index is 5.59. The highest BCUT2D eigenvalue weighted by molar-refractivity contribution is 6.02. The monoisotopic (exact) mass is 416 g/mol. The zero-order valence-corrected chi connectivity index (χ0v) is 21.2. The minimum Gasteiger partial charge on any atom is -0.493 e. The first-order chi connectivity index (χ1) is 14.1. The SMILES string of the molecule is C=C/C(=C/C1=NC(=C(OC)\C(=C/C)NC)/CC1(C)C)NC(=C)C.CC.CN=C(C)C. The van der Waals surface area contributed by atoms with Crippen LogP contribution in [0.5, 0.6) is 0 Å². The predicted molar refractivity (Wildman–Crippen MR) is 135 cm³/mol. The zero-order valence-electron chi connectivity index (χ0n) is 21.2. The van der Waals surface area contributed by atoms with Gasteiger partial charge in [-0.25, -0.2) is 0 Å². The van der Waals surface area contributed by atoms with E-state index in [1.54, 1.807) is 20.2 Å².